The molecule has 0 bridgehead atoms. The first-order valence-electron chi connectivity index (χ1n) is 7.18. The lowest BCUT2D eigenvalue weighted by molar-refractivity contribution is -0.0646. The summed E-state index contributed by atoms with van der Waals surface area (Å²) in [6, 6.07) is 0. The van der Waals surface area contributed by atoms with E-state index in [-0.39, 0.29) is 5.92 Å². The van der Waals surface area contributed by atoms with Crippen LogP contribution in [0.5, 0.6) is 0 Å². The van der Waals surface area contributed by atoms with E-state index in [0.717, 1.165) is 24.8 Å². The Labute approximate surface area is 131 Å². The lowest BCUT2D eigenvalue weighted by Crippen LogP contribution is -2.36. The number of methoxy groups -OCH3 is 1. The summed E-state index contributed by atoms with van der Waals surface area (Å²) >= 11 is 12.6. The summed E-state index contributed by atoms with van der Waals surface area (Å²) in [4.78, 5) is 9.00. The molecule has 1 aliphatic carbocycles. The summed E-state index contributed by atoms with van der Waals surface area (Å²) in [6.07, 6.45) is 4.16. The minimum absolute atomic E-state index is 0.202. The Kier molecular flexibility index (Phi) is 4.93. The fourth-order valence-electron chi connectivity index (χ4n) is 3.08. The Hall–Kier alpha value is -0.380. The second kappa shape index (κ2) is 6.17. The molecule has 2 rings (SSSR count). The van der Waals surface area contributed by atoms with Gasteiger partial charge in [-0.15, -0.1) is 0 Å². The van der Waals surface area contributed by atoms with Crippen LogP contribution in [0.15, 0.2) is 0 Å². The Morgan fingerprint density at radius 2 is 1.85 bits per heavy atom. The first kappa shape index (κ1) is 16.0. The van der Waals surface area contributed by atoms with Crippen molar-refractivity contribution in [1.82, 2.24) is 9.97 Å². The van der Waals surface area contributed by atoms with Gasteiger partial charge in [0, 0.05) is 12.7 Å². The van der Waals surface area contributed by atoms with Crippen molar-refractivity contribution in [3.63, 3.8) is 0 Å². The van der Waals surface area contributed by atoms with Gasteiger partial charge in [-0.3, -0.25) is 0 Å². The number of ether oxygens (including phenoxy) is 1. The molecule has 1 heterocycles. The summed E-state index contributed by atoms with van der Waals surface area (Å²) in [7, 11) is 1.72. The second-order valence-corrected chi connectivity index (χ2v) is 6.81. The molecule has 1 fully saturated rings. The zero-order chi connectivity index (χ0) is 14.9. The van der Waals surface area contributed by atoms with E-state index in [1.54, 1.807) is 7.11 Å². The summed E-state index contributed by atoms with van der Waals surface area (Å²) in [5.74, 6) is 1.42. The maximum absolute atomic E-state index is 6.31. The number of rotatable bonds is 3. The molecular weight excluding hydrogens is 295 g/mol. The molecule has 1 aromatic rings. The van der Waals surface area contributed by atoms with Crippen LogP contribution in [-0.2, 0) is 10.3 Å². The molecule has 0 saturated heterocycles. The molecule has 0 aromatic carbocycles. The van der Waals surface area contributed by atoms with Crippen LogP contribution in [0.1, 0.15) is 63.8 Å². The molecule has 2 atom stereocenters. The Balaban J connectivity index is 2.46. The molecule has 3 nitrogen and oxygen atoms in total. The van der Waals surface area contributed by atoms with Gasteiger partial charge in [0.05, 0.1) is 0 Å². The molecule has 112 valence electrons. The highest BCUT2D eigenvalue weighted by atomic mass is 35.5. The van der Waals surface area contributed by atoms with E-state index in [1.807, 2.05) is 13.8 Å². The standard InChI is InChI=1S/C15H22Cl2N2O/c1-9(2)11-12(16)18-14(19-13(11)17)15(20-4)7-5-6-10(3)8-15/h9-10H,5-8H2,1-4H3. The van der Waals surface area contributed by atoms with Gasteiger partial charge >= 0.3 is 0 Å². The highest BCUT2D eigenvalue weighted by molar-refractivity contribution is 6.34. The fourth-order valence-corrected chi connectivity index (χ4v) is 3.90. The zero-order valence-corrected chi connectivity index (χ0v) is 14.1. The van der Waals surface area contributed by atoms with Gasteiger partial charge in [0.2, 0.25) is 0 Å². The number of halogens is 2. The van der Waals surface area contributed by atoms with Crippen molar-refractivity contribution in [3.05, 3.63) is 21.7 Å². The van der Waals surface area contributed by atoms with Crippen LogP contribution in [0.3, 0.4) is 0 Å². The predicted molar refractivity (Wildman–Crippen MR) is 82.5 cm³/mol. The minimum atomic E-state index is -0.444. The molecule has 0 aliphatic heterocycles. The molecule has 1 aliphatic rings. The van der Waals surface area contributed by atoms with E-state index in [1.165, 1.54) is 6.42 Å². The van der Waals surface area contributed by atoms with Crippen molar-refractivity contribution in [2.75, 3.05) is 7.11 Å². The normalized spacial score (nSPS) is 27.1. The third-order valence-electron chi connectivity index (χ3n) is 4.18. The topological polar surface area (TPSA) is 35.0 Å². The van der Waals surface area contributed by atoms with E-state index >= 15 is 0 Å². The molecule has 0 radical (unpaired) electrons. The van der Waals surface area contributed by atoms with Crippen LogP contribution < -0.4 is 0 Å². The van der Waals surface area contributed by atoms with Crippen LogP contribution in [0.2, 0.25) is 10.3 Å². The van der Waals surface area contributed by atoms with Crippen molar-refractivity contribution < 1.29 is 4.74 Å². The van der Waals surface area contributed by atoms with Gasteiger partial charge in [0.25, 0.3) is 0 Å². The summed E-state index contributed by atoms with van der Waals surface area (Å²) < 4.78 is 5.80. The smallest absolute Gasteiger partial charge is 0.163 e. The van der Waals surface area contributed by atoms with Crippen LogP contribution in [-0.4, -0.2) is 17.1 Å². The van der Waals surface area contributed by atoms with Gasteiger partial charge in [0.15, 0.2) is 5.82 Å². The quantitative estimate of drug-likeness (QED) is 0.739. The van der Waals surface area contributed by atoms with Crippen LogP contribution in [0.25, 0.3) is 0 Å². The average molecular weight is 317 g/mol. The molecule has 20 heavy (non-hydrogen) atoms. The SMILES string of the molecule is COC1(c2nc(Cl)c(C(C)C)c(Cl)n2)CCCC(C)C1. The van der Waals surface area contributed by atoms with Crippen molar-refractivity contribution in [2.45, 2.75) is 58.0 Å². The number of nitrogens with zero attached hydrogens (tertiary/aromatic N) is 2. The first-order valence-corrected chi connectivity index (χ1v) is 7.94. The Morgan fingerprint density at radius 1 is 1.25 bits per heavy atom. The van der Waals surface area contributed by atoms with Crippen molar-refractivity contribution in [3.8, 4) is 0 Å². The second-order valence-electron chi connectivity index (χ2n) is 6.10. The maximum Gasteiger partial charge on any atom is 0.163 e. The number of aromatic nitrogens is 2. The molecule has 0 spiro atoms. The third kappa shape index (κ3) is 2.95. The summed E-state index contributed by atoms with van der Waals surface area (Å²) in [6.45, 7) is 6.30. The van der Waals surface area contributed by atoms with Gasteiger partial charge in [-0.1, -0.05) is 50.4 Å². The first-order chi connectivity index (χ1) is 9.39. The van der Waals surface area contributed by atoms with Gasteiger partial charge in [0.1, 0.15) is 15.9 Å². The van der Waals surface area contributed by atoms with Gasteiger partial charge in [-0.25, -0.2) is 9.97 Å². The molecular formula is C15H22Cl2N2O. The lowest BCUT2D eigenvalue weighted by atomic mass is 9.78. The molecule has 1 aromatic heterocycles. The fraction of sp³-hybridized carbons (Fsp3) is 0.733. The molecule has 5 heteroatoms. The summed E-state index contributed by atoms with van der Waals surface area (Å²) in [5, 5.41) is 0.898. The Morgan fingerprint density at radius 3 is 2.30 bits per heavy atom. The van der Waals surface area contributed by atoms with Crippen LogP contribution in [0.4, 0.5) is 0 Å². The number of hydrogen-bond donors (Lipinski definition) is 0. The number of hydrogen-bond acceptors (Lipinski definition) is 3. The van der Waals surface area contributed by atoms with Crippen molar-refractivity contribution in [1.29, 1.82) is 0 Å². The zero-order valence-electron chi connectivity index (χ0n) is 12.5. The average Bonchev–Trinajstić information content (AvgIpc) is 2.37. The molecule has 1 saturated carbocycles. The van der Waals surface area contributed by atoms with Gasteiger partial charge in [-0.2, -0.15) is 0 Å². The van der Waals surface area contributed by atoms with E-state index < -0.39 is 5.60 Å². The molecule has 2 unspecified atom stereocenters. The molecule has 0 amide bonds. The van der Waals surface area contributed by atoms with E-state index in [0.29, 0.717) is 22.0 Å². The van der Waals surface area contributed by atoms with E-state index in [2.05, 4.69) is 16.9 Å². The van der Waals surface area contributed by atoms with Crippen molar-refractivity contribution in [2.24, 2.45) is 5.92 Å². The minimum Gasteiger partial charge on any atom is -0.370 e. The monoisotopic (exact) mass is 316 g/mol. The Bertz CT molecular complexity index is 470. The van der Waals surface area contributed by atoms with Crippen molar-refractivity contribution >= 4 is 23.2 Å². The van der Waals surface area contributed by atoms with E-state index in [9.17, 15) is 0 Å². The molecule has 0 N–H and O–H groups in total. The third-order valence-corrected chi connectivity index (χ3v) is 4.76. The largest absolute Gasteiger partial charge is 0.370 e. The van der Waals surface area contributed by atoms with Crippen LogP contribution >= 0.6 is 23.2 Å². The highest BCUT2D eigenvalue weighted by Gasteiger charge is 2.40. The van der Waals surface area contributed by atoms with Crippen LogP contribution in [0, 0.1) is 5.92 Å². The highest BCUT2D eigenvalue weighted by Crippen LogP contribution is 2.42. The van der Waals surface area contributed by atoms with Gasteiger partial charge in [-0.05, 0) is 31.1 Å². The predicted octanol–water partition coefficient (Wildman–Crippen LogP) is 4.96. The maximum atomic E-state index is 6.31. The van der Waals surface area contributed by atoms with E-state index in [4.69, 9.17) is 27.9 Å². The lowest BCUT2D eigenvalue weighted by Gasteiger charge is -2.37. The summed E-state index contributed by atoms with van der Waals surface area (Å²) in [5.41, 5.74) is 0.368. The van der Waals surface area contributed by atoms with Gasteiger partial charge < -0.3 is 4.74 Å².